The van der Waals surface area contributed by atoms with Gasteiger partial charge in [0.15, 0.2) is 0 Å². The van der Waals surface area contributed by atoms with Crippen LogP contribution in [0.25, 0.3) is 10.9 Å². The third kappa shape index (κ3) is 2.58. The second-order valence-corrected chi connectivity index (χ2v) is 6.50. The summed E-state index contributed by atoms with van der Waals surface area (Å²) in [5, 5.41) is 1.20. The number of ether oxygens (including phenoxy) is 1. The van der Waals surface area contributed by atoms with Crippen molar-refractivity contribution in [2.24, 2.45) is 0 Å². The van der Waals surface area contributed by atoms with Crippen LogP contribution in [0.4, 0.5) is 0 Å². The molecule has 1 aliphatic carbocycles. The Morgan fingerprint density at radius 2 is 2.04 bits per heavy atom. The summed E-state index contributed by atoms with van der Waals surface area (Å²) in [6.07, 6.45) is 3.01. The topological polar surface area (TPSA) is 34.5 Å². The van der Waals surface area contributed by atoms with Crippen LogP contribution in [0.1, 0.15) is 50.8 Å². The molecule has 1 heterocycles. The summed E-state index contributed by atoms with van der Waals surface area (Å²) in [5.41, 5.74) is 3.83. The molecule has 4 heteroatoms. The number of likely N-dealkylation sites (N-methyl/N-ethyl adjacent to an activating group) is 1. The predicted octanol–water partition coefficient (Wildman–Crippen LogP) is 3.96. The van der Waals surface area contributed by atoms with Crippen molar-refractivity contribution in [3.05, 3.63) is 29.5 Å². The quantitative estimate of drug-likeness (QED) is 0.804. The number of aromatic nitrogens is 1. The lowest BCUT2D eigenvalue weighted by Gasteiger charge is -2.23. The summed E-state index contributed by atoms with van der Waals surface area (Å²) in [5.74, 6) is 1.13. The van der Waals surface area contributed by atoms with Crippen LogP contribution in [0.5, 0.6) is 5.75 Å². The number of nitrogens with zero attached hydrogens (tertiary/aromatic N) is 2. The second kappa shape index (κ2) is 6.88. The van der Waals surface area contributed by atoms with Gasteiger partial charge >= 0.3 is 0 Å². The average Bonchev–Trinajstić information content (AvgIpc) is 3.15. The Morgan fingerprint density at radius 3 is 2.67 bits per heavy atom. The van der Waals surface area contributed by atoms with Gasteiger partial charge in [0.25, 0.3) is 0 Å². The molecule has 0 spiro atoms. The van der Waals surface area contributed by atoms with Gasteiger partial charge in [-0.15, -0.1) is 0 Å². The highest BCUT2D eigenvalue weighted by atomic mass is 16.5. The van der Waals surface area contributed by atoms with Gasteiger partial charge in [-0.05, 0) is 56.9 Å². The fraction of sp³-hybridized carbons (Fsp3) is 0.550. The smallest absolute Gasteiger partial charge is 0.230 e. The lowest BCUT2D eigenvalue weighted by Crippen LogP contribution is -2.34. The van der Waals surface area contributed by atoms with Gasteiger partial charge in [0.2, 0.25) is 5.91 Å². The number of carbonyl (C=O) groups excluding carboxylic acids is 1. The molecule has 1 aromatic carbocycles. The van der Waals surface area contributed by atoms with Gasteiger partial charge in [-0.25, -0.2) is 0 Å². The SMILES string of the molecule is CCCn1c2c(c3cc(OC)ccc31)C(C(=O)N(CC)CC)CC2. The van der Waals surface area contributed by atoms with Gasteiger partial charge in [0, 0.05) is 36.2 Å². The van der Waals surface area contributed by atoms with Crippen molar-refractivity contribution < 1.29 is 9.53 Å². The number of methoxy groups -OCH3 is 1. The van der Waals surface area contributed by atoms with E-state index in [1.807, 2.05) is 11.0 Å². The molecule has 4 nitrogen and oxygen atoms in total. The first-order valence-corrected chi connectivity index (χ1v) is 9.13. The second-order valence-electron chi connectivity index (χ2n) is 6.50. The Kier molecular flexibility index (Phi) is 4.83. The van der Waals surface area contributed by atoms with Crippen LogP contribution in [0.2, 0.25) is 0 Å². The molecule has 0 radical (unpaired) electrons. The van der Waals surface area contributed by atoms with Crippen molar-refractivity contribution in [1.82, 2.24) is 9.47 Å². The Hall–Kier alpha value is -1.97. The zero-order valence-electron chi connectivity index (χ0n) is 15.3. The van der Waals surface area contributed by atoms with Crippen molar-refractivity contribution in [2.45, 2.75) is 52.5 Å². The monoisotopic (exact) mass is 328 g/mol. The molecule has 0 saturated heterocycles. The van der Waals surface area contributed by atoms with Crippen molar-refractivity contribution in [3.8, 4) is 5.75 Å². The van der Waals surface area contributed by atoms with Crippen LogP contribution in [0.15, 0.2) is 18.2 Å². The molecular formula is C20H28N2O2. The van der Waals surface area contributed by atoms with Crippen molar-refractivity contribution in [1.29, 1.82) is 0 Å². The zero-order chi connectivity index (χ0) is 17.3. The molecule has 1 atom stereocenters. The van der Waals surface area contributed by atoms with Gasteiger partial charge in [0.05, 0.1) is 13.0 Å². The Bertz CT molecular complexity index is 744. The number of benzene rings is 1. The lowest BCUT2D eigenvalue weighted by molar-refractivity contribution is -0.132. The van der Waals surface area contributed by atoms with Gasteiger partial charge in [-0.3, -0.25) is 4.79 Å². The van der Waals surface area contributed by atoms with E-state index in [0.717, 1.165) is 44.6 Å². The standard InChI is InChI=1S/C20H28N2O2/c1-5-12-22-17-10-8-14(24-4)13-16(17)19-15(9-11-18(19)22)20(23)21(6-2)7-3/h8,10,13,15H,5-7,9,11-12H2,1-4H3. The van der Waals surface area contributed by atoms with Gasteiger partial charge < -0.3 is 14.2 Å². The third-order valence-corrected chi connectivity index (χ3v) is 5.26. The first-order valence-electron chi connectivity index (χ1n) is 9.13. The molecule has 1 amide bonds. The maximum absolute atomic E-state index is 13.0. The summed E-state index contributed by atoms with van der Waals surface area (Å²) in [6.45, 7) is 8.87. The molecule has 0 bridgehead atoms. The van der Waals surface area contributed by atoms with Gasteiger partial charge in [-0.1, -0.05) is 6.92 Å². The maximum Gasteiger partial charge on any atom is 0.230 e. The number of hydrogen-bond donors (Lipinski definition) is 0. The molecule has 0 aliphatic heterocycles. The molecular weight excluding hydrogens is 300 g/mol. The maximum atomic E-state index is 13.0. The number of carbonyl (C=O) groups is 1. The van der Waals surface area contributed by atoms with Crippen molar-refractivity contribution in [2.75, 3.05) is 20.2 Å². The van der Waals surface area contributed by atoms with Crippen LogP contribution in [-0.4, -0.2) is 35.6 Å². The molecule has 24 heavy (non-hydrogen) atoms. The van der Waals surface area contributed by atoms with E-state index in [4.69, 9.17) is 4.74 Å². The summed E-state index contributed by atoms with van der Waals surface area (Å²) < 4.78 is 7.85. The van der Waals surface area contributed by atoms with Crippen LogP contribution >= 0.6 is 0 Å². The van der Waals surface area contributed by atoms with E-state index in [0.29, 0.717) is 0 Å². The number of aryl methyl sites for hydroxylation is 1. The molecule has 1 unspecified atom stereocenters. The number of amides is 1. The third-order valence-electron chi connectivity index (χ3n) is 5.26. The molecule has 0 N–H and O–H groups in total. The minimum atomic E-state index is -0.00684. The molecule has 1 aromatic heterocycles. The number of rotatable bonds is 6. The van der Waals surface area contributed by atoms with E-state index in [1.165, 1.54) is 22.2 Å². The van der Waals surface area contributed by atoms with Crippen LogP contribution in [0, 0.1) is 0 Å². The summed E-state index contributed by atoms with van der Waals surface area (Å²) in [6, 6.07) is 6.26. The van der Waals surface area contributed by atoms with Crippen LogP contribution in [0.3, 0.4) is 0 Å². The van der Waals surface area contributed by atoms with Crippen LogP contribution in [-0.2, 0) is 17.8 Å². The molecule has 3 rings (SSSR count). The highest BCUT2D eigenvalue weighted by molar-refractivity contribution is 5.95. The van der Waals surface area contributed by atoms with E-state index in [2.05, 4.69) is 37.5 Å². The van der Waals surface area contributed by atoms with E-state index in [9.17, 15) is 4.79 Å². The Morgan fingerprint density at radius 1 is 1.29 bits per heavy atom. The molecule has 2 aromatic rings. The van der Waals surface area contributed by atoms with E-state index < -0.39 is 0 Å². The largest absolute Gasteiger partial charge is 0.497 e. The molecule has 0 saturated carbocycles. The summed E-state index contributed by atoms with van der Waals surface area (Å²) in [7, 11) is 1.70. The zero-order valence-corrected chi connectivity index (χ0v) is 15.3. The normalized spacial score (nSPS) is 16.4. The van der Waals surface area contributed by atoms with E-state index in [-0.39, 0.29) is 11.8 Å². The Balaban J connectivity index is 2.15. The molecule has 0 fully saturated rings. The number of fused-ring (bicyclic) bond motifs is 3. The fourth-order valence-electron chi connectivity index (χ4n) is 4.10. The summed E-state index contributed by atoms with van der Waals surface area (Å²) >= 11 is 0. The van der Waals surface area contributed by atoms with Crippen molar-refractivity contribution in [3.63, 3.8) is 0 Å². The van der Waals surface area contributed by atoms with E-state index in [1.54, 1.807) is 7.11 Å². The molecule has 1 aliphatic rings. The highest BCUT2D eigenvalue weighted by Gasteiger charge is 2.35. The van der Waals surface area contributed by atoms with Crippen molar-refractivity contribution >= 4 is 16.8 Å². The minimum Gasteiger partial charge on any atom is -0.497 e. The fourth-order valence-corrected chi connectivity index (χ4v) is 4.10. The van der Waals surface area contributed by atoms with Gasteiger partial charge in [-0.2, -0.15) is 0 Å². The Labute approximate surface area is 144 Å². The molecule has 130 valence electrons. The average molecular weight is 328 g/mol. The predicted molar refractivity (Wildman–Crippen MR) is 97.8 cm³/mol. The first kappa shape index (κ1) is 16.9. The minimum absolute atomic E-state index is 0.00684. The highest BCUT2D eigenvalue weighted by Crippen LogP contribution is 2.42. The first-order chi connectivity index (χ1) is 11.7. The van der Waals surface area contributed by atoms with Crippen LogP contribution < -0.4 is 4.74 Å². The number of hydrogen-bond acceptors (Lipinski definition) is 2. The van der Waals surface area contributed by atoms with Gasteiger partial charge in [0.1, 0.15) is 5.75 Å². The lowest BCUT2D eigenvalue weighted by atomic mass is 9.98. The van der Waals surface area contributed by atoms with E-state index >= 15 is 0 Å². The summed E-state index contributed by atoms with van der Waals surface area (Å²) in [4.78, 5) is 15.0.